The maximum atomic E-state index is 13.1. The van der Waals surface area contributed by atoms with E-state index in [9.17, 15) is 4.79 Å². The van der Waals surface area contributed by atoms with Gasteiger partial charge in [0.2, 0.25) is 5.91 Å². The molecule has 1 unspecified atom stereocenters. The van der Waals surface area contributed by atoms with Crippen LogP contribution >= 0.6 is 12.4 Å². The lowest BCUT2D eigenvalue weighted by atomic mass is 9.67. The molecule has 0 radical (unpaired) electrons. The topological polar surface area (TPSA) is 71.8 Å². The predicted molar refractivity (Wildman–Crippen MR) is 102 cm³/mol. The lowest BCUT2D eigenvalue weighted by Gasteiger charge is -2.37. The maximum absolute atomic E-state index is 13.1. The summed E-state index contributed by atoms with van der Waals surface area (Å²) in [4.78, 5) is 13.1. The third-order valence-corrected chi connectivity index (χ3v) is 5.81. The fraction of sp³-hybridized carbons (Fsp3) is 0.526. The summed E-state index contributed by atoms with van der Waals surface area (Å²) in [5.74, 6) is 0.636. The van der Waals surface area contributed by atoms with E-state index in [1.165, 1.54) is 6.42 Å². The fourth-order valence-electron chi connectivity index (χ4n) is 4.29. The van der Waals surface area contributed by atoms with Crippen LogP contribution in [0.1, 0.15) is 44.3 Å². The molecule has 1 saturated carbocycles. The second kappa shape index (κ2) is 7.76. The van der Waals surface area contributed by atoms with Gasteiger partial charge in [0.25, 0.3) is 0 Å². The molecule has 2 fully saturated rings. The van der Waals surface area contributed by atoms with Crippen LogP contribution < -0.4 is 10.6 Å². The number of fused-ring (bicyclic) bond motifs is 1. The first-order valence-electron chi connectivity index (χ1n) is 9.18. The monoisotopic (exact) mass is 375 g/mol. The Morgan fingerprint density at radius 2 is 2.15 bits per heavy atom. The highest BCUT2D eigenvalue weighted by Crippen LogP contribution is 2.44. The summed E-state index contributed by atoms with van der Waals surface area (Å²) >= 11 is 0. The van der Waals surface area contributed by atoms with Gasteiger partial charge in [0.1, 0.15) is 5.69 Å². The first-order chi connectivity index (χ1) is 12.2. The van der Waals surface area contributed by atoms with Crippen molar-refractivity contribution in [3.63, 3.8) is 0 Å². The van der Waals surface area contributed by atoms with Crippen molar-refractivity contribution in [3.05, 3.63) is 42.2 Å². The molecular formula is C19H26ClN5O. The molecule has 6 nitrogen and oxygen atoms in total. The molecular weight excluding hydrogens is 350 g/mol. The largest absolute Gasteiger partial charge is 0.347 e. The number of aromatic nitrogens is 3. The lowest BCUT2D eigenvalue weighted by Crippen LogP contribution is -2.48. The van der Waals surface area contributed by atoms with Crippen molar-refractivity contribution in [1.29, 1.82) is 0 Å². The van der Waals surface area contributed by atoms with Crippen molar-refractivity contribution in [3.8, 4) is 5.69 Å². The Labute approximate surface area is 160 Å². The molecule has 1 aromatic heterocycles. The number of rotatable bonds is 4. The third kappa shape index (κ3) is 3.35. The molecule has 0 spiro atoms. The van der Waals surface area contributed by atoms with E-state index in [0.717, 1.165) is 43.7 Å². The molecule has 3 atom stereocenters. The van der Waals surface area contributed by atoms with Crippen LogP contribution in [0.25, 0.3) is 5.69 Å². The highest BCUT2D eigenvalue weighted by molar-refractivity contribution is 5.85. The van der Waals surface area contributed by atoms with Crippen LogP contribution in [0.2, 0.25) is 0 Å². The van der Waals surface area contributed by atoms with Crippen molar-refractivity contribution in [2.45, 2.75) is 38.6 Å². The minimum Gasteiger partial charge on any atom is -0.347 e. The van der Waals surface area contributed by atoms with Crippen molar-refractivity contribution in [2.75, 3.05) is 13.1 Å². The number of para-hydroxylation sites is 1. The molecule has 140 valence electrons. The molecule has 4 rings (SSSR count). The van der Waals surface area contributed by atoms with E-state index in [1.54, 1.807) is 4.68 Å². The highest BCUT2D eigenvalue weighted by atomic mass is 35.5. The van der Waals surface area contributed by atoms with E-state index in [1.807, 2.05) is 43.5 Å². The number of nitrogens with zero attached hydrogens (tertiary/aromatic N) is 3. The molecule has 1 aliphatic heterocycles. The van der Waals surface area contributed by atoms with Gasteiger partial charge < -0.3 is 10.6 Å². The SMILES string of the molecule is CC(NC(=O)[C@@]12CCCC[C@H]1CNC2)c1cn(-c2ccccc2)nn1.Cl. The van der Waals surface area contributed by atoms with E-state index in [0.29, 0.717) is 5.92 Å². The van der Waals surface area contributed by atoms with Crippen LogP contribution in [0.4, 0.5) is 0 Å². The fourth-order valence-corrected chi connectivity index (χ4v) is 4.29. The summed E-state index contributed by atoms with van der Waals surface area (Å²) in [6.45, 7) is 3.74. The Bertz CT molecular complexity index is 749. The van der Waals surface area contributed by atoms with Gasteiger partial charge in [-0.25, -0.2) is 4.68 Å². The van der Waals surface area contributed by atoms with E-state index in [-0.39, 0.29) is 29.8 Å². The van der Waals surface area contributed by atoms with E-state index in [4.69, 9.17) is 0 Å². The van der Waals surface area contributed by atoms with Gasteiger partial charge in [-0.15, -0.1) is 17.5 Å². The van der Waals surface area contributed by atoms with Crippen molar-refractivity contribution < 1.29 is 4.79 Å². The average Bonchev–Trinajstić information content (AvgIpc) is 3.30. The zero-order chi connectivity index (χ0) is 17.3. The van der Waals surface area contributed by atoms with Gasteiger partial charge in [0, 0.05) is 6.54 Å². The van der Waals surface area contributed by atoms with Gasteiger partial charge in [-0.05, 0) is 44.4 Å². The Kier molecular flexibility index (Phi) is 5.63. The summed E-state index contributed by atoms with van der Waals surface area (Å²) in [5.41, 5.74) is 1.51. The average molecular weight is 376 g/mol. The zero-order valence-electron chi connectivity index (χ0n) is 15.0. The van der Waals surface area contributed by atoms with E-state index in [2.05, 4.69) is 20.9 Å². The molecule has 2 aliphatic rings. The number of benzene rings is 1. The van der Waals surface area contributed by atoms with Gasteiger partial charge in [0.05, 0.1) is 23.3 Å². The molecule has 7 heteroatoms. The molecule has 1 aromatic carbocycles. The number of amides is 1. The molecule has 1 amide bonds. The number of carbonyl (C=O) groups excluding carboxylic acids is 1. The second-order valence-electron chi connectivity index (χ2n) is 7.35. The van der Waals surface area contributed by atoms with Gasteiger partial charge in [-0.1, -0.05) is 36.3 Å². The number of halogens is 1. The number of hydrogen-bond donors (Lipinski definition) is 2. The Morgan fingerprint density at radius 3 is 2.96 bits per heavy atom. The normalized spacial score (nSPS) is 25.8. The quantitative estimate of drug-likeness (QED) is 0.861. The predicted octanol–water partition coefficient (Wildman–Crippen LogP) is 2.65. The summed E-state index contributed by atoms with van der Waals surface area (Å²) in [6, 6.07) is 9.73. The molecule has 1 saturated heterocycles. The molecule has 26 heavy (non-hydrogen) atoms. The standard InChI is InChI=1S/C19H25N5O.ClH/c1-14(17-12-24(23-22-17)16-8-3-2-4-9-16)21-18(25)19-10-6-5-7-15(19)11-20-13-19;/h2-4,8-9,12,14-15,20H,5-7,10-11,13H2,1H3,(H,21,25);1H/t14?,15-,19+;/m0./s1. The molecule has 2 N–H and O–H groups in total. The van der Waals surface area contributed by atoms with E-state index < -0.39 is 0 Å². The van der Waals surface area contributed by atoms with Crippen molar-refractivity contribution in [2.24, 2.45) is 11.3 Å². The Hall–Kier alpha value is -1.92. The number of hydrogen-bond acceptors (Lipinski definition) is 4. The number of nitrogens with one attached hydrogen (secondary N) is 2. The van der Waals surface area contributed by atoms with Gasteiger partial charge in [-0.3, -0.25) is 4.79 Å². The van der Waals surface area contributed by atoms with Crippen LogP contribution in [0, 0.1) is 11.3 Å². The summed E-state index contributed by atoms with van der Waals surface area (Å²) in [6.07, 6.45) is 6.41. The lowest BCUT2D eigenvalue weighted by molar-refractivity contribution is -0.134. The number of carbonyl (C=O) groups is 1. The Morgan fingerprint density at radius 1 is 1.35 bits per heavy atom. The van der Waals surface area contributed by atoms with E-state index >= 15 is 0 Å². The summed E-state index contributed by atoms with van der Waals surface area (Å²) < 4.78 is 1.75. The zero-order valence-corrected chi connectivity index (χ0v) is 15.8. The minimum absolute atomic E-state index is 0. The smallest absolute Gasteiger partial charge is 0.228 e. The first-order valence-corrected chi connectivity index (χ1v) is 9.18. The van der Waals surface area contributed by atoms with Gasteiger partial charge in [0.15, 0.2) is 0 Å². The summed E-state index contributed by atoms with van der Waals surface area (Å²) in [5, 5.41) is 15.1. The molecule has 1 aliphatic carbocycles. The van der Waals surface area contributed by atoms with Crippen LogP contribution in [-0.2, 0) is 4.79 Å². The third-order valence-electron chi connectivity index (χ3n) is 5.81. The molecule has 2 aromatic rings. The van der Waals surface area contributed by atoms with Crippen molar-refractivity contribution in [1.82, 2.24) is 25.6 Å². The maximum Gasteiger partial charge on any atom is 0.228 e. The molecule has 2 heterocycles. The molecule has 0 bridgehead atoms. The van der Waals surface area contributed by atoms with Crippen LogP contribution in [0.15, 0.2) is 36.5 Å². The van der Waals surface area contributed by atoms with Gasteiger partial charge >= 0.3 is 0 Å². The van der Waals surface area contributed by atoms with Crippen molar-refractivity contribution >= 4 is 18.3 Å². The van der Waals surface area contributed by atoms with Gasteiger partial charge in [-0.2, -0.15) is 0 Å². The van der Waals surface area contributed by atoms with Crippen LogP contribution in [-0.4, -0.2) is 34.0 Å². The first kappa shape index (κ1) is 18.9. The minimum atomic E-state index is -0.234. The Balaban J connectivity index is 0.00000196. The van der Waals surface area contributed by atoms with Crippen LogP contribution in [0.5, 0.6) is 0 Å². The summed E-state index contributed by atoms with van der Waals surface area (Å²) in [7, 11) is 0. The highest BCUT2D eigenvalue weighted by Gasteiger charge is 2.50. The van der Waals surface area contributed by atoms with Crippen LogP contribution in [0.3, 0.4) is 0 Å². The second-order valence-corrected chi connectivity index (χ2v) is 7.35.